The van der Waals surface area contributed by atoms with E-state index in [1.54, 1.807) is 0 Å². The molecule has 12 heavy (non-hydrogen) atoms. The fourth-order valence-electron chi connectivity index (χ4n) is 1.36. The highest BCUT2D eigenvalue weighted by molar-refractivity contribution is 4.68. The summed E-state index contributed by atoms with van der Waals surface area (Å²) in [7, 11) is 0. The molecule has 0 aromatic heterocycles. The zero-order chi connectivity index (χ0) is 8.81. The predicted molar refractivity (Wildman–Crippen MR) is 48.8 cm³/mol. The molecule has 0 unspecified atom stereocenters. The van der Waals surface area contributed by atoms with Crippen LogP contribution in [0.15, 0.2) is 0 Å². The number of piperazine rings is 1. The molecule has 0 amide bonds. The molecule has 0 aromatic carbocycles. The Morgan fingerprint density at radius 1 is 1.17 bits per heavy atom. The van der Waals surface area contributed by atoms with Gasteiger partial charge in [0.05, 0.1) is 6.73 Å². The van der Waals surface area contributed by atoms with Crippen molar-refractivity contribution in [1.29, 1.82) is 0 Å². The largest absolute Gasteiger partial charge is 0.381 e. The molecule has 0 atom stereocenters. The van der Waals surface area contributed by atoms with E-state index in [0.29, 0.717) is 0 Å². The van der Waals surface area contributed by atoms with Crippen molar-refractivity contribution in [3.63, 3.8) is 0 Å². The average molecular weight is 173 g/mol. The van der Waals surface area contributed by atoms with Crippen molar-refractivity contribution in [3.8, 4) is 0 Å². The number of aliphatic hydroxyl groups excluding tert-OH is 1. The van der Waals surface area contributed by atoms with E-state index in [0.717, 1.165) is 39.4 Å². The molecule has 1 aliphatic heterocycles. The van der Waals surface area contributed by atoms with Crippen LogP contribution >= 0.6 is 0 Å². The Morgan fingerprint density at radius 3 is 2.25 bits per heavy atom. The molecular weight excluding hydrogens is 154 g/mol. The molecule has 72 valence electrons. The van der Waals surface area contributed by atoms with Crippen LogP contribution in [0.1, 0.15) is 6.92 Å². The van der Waals surface area contributed by atoms with Crippen LogP contribution < -0.4 is 5.32 Å². The predicted octanol–water partition coefficient (Wildman–Crippen LogP) is -0.879. The first-order valence-corrected chi connectivity index (χ1v) is 4.63. The van der Waals surface area contributed by atoms with E-state index in [4.69, 9.17) is 5.11 Å². The van der Waals surface area contributed by atoms with Gasteiger partial charge in [-0.1, -0.05) is 6.92 Å². The van der Waals surface area contributed by atoms with Crippen LogP contribution in [-0.2, 0) is 0 Å². The van der Waals surface area contributed by atoms with E-state index >= 15 is 0 Å². The molecule has 1 rings (SSSR count). The van der Waals surface area contributed by atoms with E-state index in [1.807, 2.05) is 0 Å². The minimum Gasteiger partial charge on any atom is -0.381 e. The van der Waals surface area contributed by atoms with E-state index in [2.05, 4.69) is 22.0 Å². The maximum absolute atomic E-state index is 8.85. The Hall–Kier alpha value is -0.160. The Labute approximate surface area is 74.2 Å². The highest BCUT2D eigenvalue weighted by Crippen LogP contribution is 1.98. The van der Waals surface area contributed by atoms with Crippen LogP contribution in [-0.4, -0.2) is 61.0 Å². The molecule has 0 saturated carbocycles. The van der Waals surface area contributed by atoms with E-state index in [9.17, 15) is 0 Å². The zero-order valence-electron chi connectivity index (χ0n) is 7.79. The number of hydrogen-bond donors (Lipinski definition) is 2. The standard InChI is InChI=1S/C8H19N3O/c1-2-9-7-10-3-5-11(8-12)6-4-10/h9,12H,2-8H2,1H3. The summed E-state index contributed by atoms with van der Waals surface area (Å²) in [4.78, 5) is 4.43. The second kappa shape index (κ2) is 5.48. The van der Waals surface area contributed by atoms with Crippen molar-refractivity contribution in [2.45, 2.75) is 6.92 Å². The summed E-state index contributed by atoms with van der Waals surface area (Å²) in [6.45, 7) is 8.43. The highest BCUT2D eigenvalue weighted by Gasteiger charge is 2.14. The van der Waals surface area contributed by atoms with Crippen LogP contribution in [0.3, 0.4) is 0 Å². The molecule has 0 spiro atoms. The van der Waals surface area contributed by atoms with Crippen molar-refractivity contribution in [2.75, 3.05) is 46.1 Å². The quantitative estimate of drug-likeness (QED) is 0.579. The van der Waals surface area contributed by atoms with E-state index in [1.165, 1.54) is 0 Å². The van der Waals surface area contributed by atoms with Gasteiger partial charge >= 0.3 is 0 Å². The lowest BCUT2D eigenvalue weighted by atomic mass is 10.3. The molecule has 1 heterocycles. The van der Waals surface area contributed by atoms with Crippen molar-refractivity contribution in [1.82, 2.24) is 15.1 Å². The molecule has 4 nitrogen and oxygen atoms in total. The first-order valence-electron chi connectivity index (χ1n) is 4.63. The minimum atomic E-state index is 0.203. The number of nitrogens with zero attached hydrogens (tertiary/aromatic N) is 2. The van der Waals surface area contributed by atoms with Crippen molar-refractivity contribution >= 4 is 0 Å². The van der Waals surface area contributed by atoms with Gasteiger partial charge in [-0.15, -0.1) is 0 Å². The van der Waals surface area contributed by atoms with Gasteiger partial charge in [-0.05, 0) is 6.54 Å². The first kappa shape index (κ1) is 9.92. The van der Waals surface area contributed by atoms with Crippen LogP contribution in [0.25, 0.3) is 0 Å². The lowest BCUT2D eigenvalue weighted by molar-refractivity contribution is 0.0518. The molecule has 1 fully saturated rings. The Bertz CT molecular complexity index is 113. The lowest BCUT2D eigenvalue weighted by Crippen LogP contribution is -2.49. The maximum atomic E-state index is 8.85. The molecule has 0 aromatic rings. The summed E-state index contributed by atoms with van der Waals surface area (Å²) >= 11 is 0. The summed E-state index contributed by atoms with van der Waals surface area (Å²) in [5.74, 6) is 0. The molecule has 2 N–H and O–H groups in total. The van der Waals surface area contributed by atoms with Gasteiger partial charge in [-0.25, -0.2) is 0 Å². The molecular formula is C8H19N3O. The van der Waals surface area contributed by atoms with Gasteiger partial charge in [-0.3, -0.25) is 9.80 Å². The van der Waals surface area contributed by atoms with E-state index < -0.39 is 0 Å². The molecule has 0 bridgehead atoms. The third-order valence-electron chi connectivity index (χ3n) is 2.25. The average Bonchev–Trinajstić information content (AvgIpc) is 2.15. The molecule has 4 heteroatoms. The number of rotatable bonds is 4. The van der Waals surface area contributed by atoms with Crippen molar-refractivity contribution in [2.24, 2.45) is 0 Å². The van der Waals surface area contributed by atoms with Crippen LogP contribution in [0.4, 0.5) is 0 Å². The van der Waals surface area contributed by atoms with Crippen LogP contribution in [0, 0.1) is 0 Å². The zero-order valence-corrected chi connectivity index (χ0v) is 7.79. The summed E-state index contributed by atoms with van der Waals surface area (Å²) in [5.41, 5.74) is 0. The number of aliphatic hydroxyl groups is 1. The van der Waals surface area contributed by atoms with Crippen LogP contribution in [0.5, 0.6) is 0 Å². The van der Waals surface area contributed by atoms with Crippen LogP contribution in [0.2, 0.25) is 0 Å². The van der Waals surface area contributed by atoms with Crippen molar-refractivity contribution < 1.29 is 5.11 Å². The monoisotopic (exact) mass is 173 g/mol. The van der Waals surface area contributed by atoms with Gasteiger partial charge in [0.15, 0.2) is 0 Å². The third-order valence-corrected chi connectivity index (χ3v) is 2.25. The Kier molecular flexibility index (Phi) is 4.53. The maximum Gasteiger partial charge on any atom is 0.0957 e. The smallest absolute Gasteiger partial charge is 0.0957 e. The summed E-state index contributed by atoms with van der Waals surface area (Å²) in [6.07, 6.45) is 0. The number of nitrogens with one attached hydrogen (secondary N) is 1. The molecule has 0 radical (unpaired) electrons. The summed E-state index contributed by atoms with van der Waals surface area (Å²) in [5, 5.41) is 12.1. The number of hydrogen-bond acceptors (Lipinski definition) is 4. The van der Waals surface area contributed by atoms with Gasteiger partial charge < -0.3 is 10.4 Å². The van der Waals surface area contributed by atoms with Gasteiger partial charge in [0.2, 0.25) is 0 Å². The highest BCUT2D eigenvalue weighted by atomic mass is 16.3. The van der Waals surface area contributed by atoms with Gasteiger partial charge in [-0.2, -0.15) is 0 Å². The second-order valence-corrected chi connectivity index (χ2v) is 3.14. The normalized spacial score (nSPS) is 21.5. The fraction of sp³-hybridized carbons (Fsp3) is 1.00. The SMILES string of the molecule is CCNCN1CCN(CO)CC1. The lowest BCUT2D eigenvalue weighted by Gasteiger charge is -2.33. The van der Waals surface area contributed by atoms with E-state index in [-0.39, 0.29) is 6.73 Å². The molecule has 0 aliphatic carbocycles. The summed E-state index contributed by atoms with van der Waals surface area (Å²) in [6, 6.07) is 0. The Balaban J connectivity index is 2.09. The fourth-order valence-corrected chi connectivity index (χ4v) is 1.36. The first-order chi connectivity index (χ1) is 5.86. The second-order valence-electron chi connectivity index (χ2n) is 3.14. The van der Waals surface area contributed by atoms with Crippen molar-refractivity contribution in [3.05, 3.63) is 0 Å². The van der Waals surface area contributed by atoms with Gasteiger partial charge in [0, 0.05) is 32.8 Å². The molecule has 1 aliphatic rings. The van der Waals surface area contributed by atoms with Gasteiger partial charge in [0.25, 0.3) is 0 Å². The van der Waals surface area contributed by atoms with Gasteiger partial charge in [0.1, 0.15) is 0 Å². The third kappa shape index (κ3) is 3.06. The topological polar surface area (TPSA) is 38.7 Å². The Morgan fingerprint density at radius 2 is 1.75 bits per heavy atom. The summed E-state index contributed by atoms with van der Waals surface area (Å²) < 4.78 is 0. The minimum absolute atomic E-state index is 0.203. The molecule has 1 saturated heterocycles.